The van der Waals surface area contributed by atoms with Crippen LogP contribution in [0.1, 0.15) is 19.8 Å². The molecule has 0 spiro atoms. The van der Waals surface area contributed by atoms with Gasteiger partial charge < -0.3 is 21.7 Å². The molecule has 0 aliphatic carbocycles. The lowest BCUT2D eigenvalue weighted by Gasteiger charge is -2.16. The lowest BCUT2D eigenvalue weighted by molar-refractivity contribution is 0.0970. The summed E-state index contributed by atoms with van der Waals surface area (Å²) in [5.41, 5.74) is 10.4. The predicted molar refractivity (Wildman–Crippen MR) is 39.1 cm³/mol. The third kappa shape index (κ3) is 3.79. The first-order valence-corrected chi connectivity index (χ1v) is 3.45. The van der Waals surface area contributed by atoms with Gasteiger partial charge in [0.15, 0.2) is 0 Å². The Bertz CT molecular complexity index is 87.8. The third-order valence-corrected chi connectivity index (χ3v) is 1.45. The lowest BCUT2D eigenvalue weighted by atomic mass is 10.1. The molecule has 0 aromatic rings. The number of aliphatic hydroxyl groups is 2. The fourth-order valence-corrected chi connectivity index (χ4v) is 0.620. The Kier molecular flexibility index (Phi) is 4.55. The highest BCUT2D eigenvalue weighted by molar-refractivity contribution is 4.69. The van der Waals surface area contributed by atoms with Crippen molar-refractivity contribution in [2.75, 3.05) is 0 Å². The van der Waals surface area contributed by atoms with Crippen molar-refractivity contribution in [3.63, 3.8) is 0 Å². The van der Waals surface area contributed by atoms with Gasteiger partial charge >= 0.3 is 0 Å². The molecule has 4 heteroatoms. The van der Waals surface area contributed by atoms with Crippen LogP contribution in [0.2, 0.25) is 0 Å². The highest BCUT2D eigenvalue weighted by atomic mass is 16.3. The molecule has 0 aliphatic rings. The first-order chi connectivity index (χ1) is 4.57. The molecule has 0 heterocycles. The average Bonchev–Trinajstić information content (AvgIpc) is 1.87. The predicted octanol–water partition coefficient (Wildman–Crippen LogP) is -1.25. The number of rotatable bonds is 4. The molecule has 6 N–H and O–H groups in total. The highest BCUT2D eigenvalue weighted by Gasteiger charge is 2.13. The Hall–Kier alpha value is -0.160. The molecule has 0 amide bonds. The van der Waals surface area contributed by atoms with Gasteiger partial charge in [-0.1, -0.05) is 6.92 Å². The summed E-state index contributed by atoms with van der Waals surface area (Å²) in [5.74, 6) is 0. The molecule has 0 saturated carbocycles. The van der Waals surface area contributed by atoms with E-state index >= 15 is 0 Å². The van der Waals surface area contributed by atoms with Crippen LogP contribution >= 0.6 is 0 Å². The quantitative estimate of drug-likeness (QED) is 0.375. The van der Waals surface area contributed by atoms with E-state index in [9.17, 15) is 0 Å². The molecule has 4 nitrogen and oxygen atoms in total. The van der Waals surface area contributed by atoms with Crippen molar-refractivity contribution in [1.29, 1.82) is 0 Å². The number of hydrogen-bond acceptors (Lipinski definition) is 4. The second-order valence-electron chi connectivity index (χ2n) is 2.45. The van der Waals surface area contributed by atoms with Gasteiger partial charge in [0.2, 0.25) is 0 Å². The van der Waals surface area contributed by atoms with Crippen molar-refractivity contribution < 1.29 is 10.2 Å². The Labute approximate surface area is 60.8 Å². The zero-order valence-corrected chi connectivity index (χ0v) is 6.20. The Morgan fingerprint density at radius 3 is 2.10 bits per heavy atom. The molecule has 3 atom stereocenters. The molecule has 0 saturated heterocycles. The van der Waals surface area contributed by atoms with Gasteiger partial charge in [0.25, 0.3) is 0 Å². The summed E-state index contributed by atoms with van der Waals surface area (Å²) in [6.45, 7) is 1.85. The summed E-state index contributed by atoms with van der Waals surface area (Å²) in [5, 5.41) is 17.7. The van der Waals surface area contributed by atoms with Crippen LogP contribution < -0.4 is 11.5 Å². The summed E-state index contributed by atoms with van der Waals surface area (Å²) in [6, 6.07) is -0.519. The molecule has 0 bridgehead atoms. The second kappa shape index (κ2) is 4.62. The molecular weight excluding hydrogens is 132 g/mol. The minimum atomic E-state index is -1.03. The maximum absolute atomic E-state index is 9.03. The van der Waals surface area contributed by atoms with Crippen LogP contribution in [0.25, 0.3) is 0 Å². The normalized spacial score (nSPS) is 20.1. The summed E-state index contributed by atoms with van der Waals surface area (Å²) < 4.78 is 0. The molecule has 0 fully saturated rings. The summed E-state index contributed by atoms with van der Waals surface area (Å²) in [6.07, 6.45) is -0.483. The first-order valence-electron chi connectivity index (χ1n) is 3.45. The maximum atomic E-state index is 9.03. The molecule has 62 valence electrons. The molecule has 0 aromatic carbocycles. The van der Waals surface area contributed by atoms with Crippen molar-refractivity contribution in [3.8, 4) is 0 Å². The number of nitrogens with two attached hydrogens (primary N) is 2. The van der Waals surface area contributed by atoms with Crippen LogP contribution in [0.4, 0.5) is 0 Å². The third-order valence-electron chi connectivity index (χ3n) is 1.45. The number of aliphatic hydroxyl groups excluding tert-OH is 2. The van der Waals surface area contributed by atoms with E-state index in [1.54, 1.807) is 0 Å². The van der Waals surface area contributed by atoms with E-state index in [-0.39, 0.29) is 0 Å². The molecule has 3 unspecified atom stereocenters. The molecule has 0 rings (SSSR count). The van der Waals surface area contributed by atoms with Gasteiger partial charge in [0.05, 0.1) is 6.10 Å². The maximum Gasteiger partial charge on any atom is 0.117 e. The average molecular weight is 148 g/mol. The van der Waals surface area contributed by atoms with Crippen LogP contribution in [-0.4, -0.2) is 28.6 Å². The van der Waals surface area contributed by atoms with Crippen LogP contribution in [0.3, 0.4) is 0 Å². The highest BCUT2D eigenvalue weighted by Crippen LogP contribution is 2.00. The monoisotopic (exact) mass is 148 g/mol. The Balaban J connectivity index is 3.46. The molecule has 10 heavy (non-hydrogen) atoms. The van der Waals surface area contributed by atoms with Gasteiger partial charge in [-0.2, -0.15) is 0 Å². The van der Waals surface area contributed by atoms with Crippen molar-refractivity contribution in [2.24, 2.45) is 11.5 Å². The van der Waals surface area contributed by atoms with Crippen molar-refractivity contribution in [3.05, 3.63) is 0 Å². The molecule has 0 radical (unpaired) electrons. The summed E-state index contributed by atoms with van der Waals surface area (Å²) in [7, 11) is 0. The van der Waals surface area contributed by atoms with Crippen LogP contribution in [0.15, 0.2) is 0 Å². The zero-order valence-electron chi connectivity index (χ0n) is 6.20. The fraction of sp³-hybridized carbons (Fsp3) is 1.00. The van der Waals surface area contributed by atoms with Crippen LogP contribution in [0.5, 0.6) is 0 Å². The van der Waals surface area contributed by atoms with E-state index in [0.717, 1.165) is 0 Å². The lowest BCUT2D eigenvalue weighted by Crippen LogP contribution is -2.43. The van der Waals surface area contributed by atoms with Crippen molar-refractivity contribution >= 4 is 0 Å². The van der Waals surface area contributed by atoms with Gasteiger partial charge in [-0.25, -0.2) is 0 Å². The smallest absolute Gasteiger partial charge is 0.117 e. The second-order valence-corrected chi connectivity index (χ2v) is 2.45. The summed E-state index contributed by atoms with van der Waals surface area (Å²) >= 11 is 0. The van der Waals surface area contributed by atoms with Crippen LogP contribution in [-0.2, 0) is 0 Å². The molecular formula is C6H16N2O2. The molecule has 0 aromatic heterocycles. The van der Waals surface area contributed by atoms with E-state index in [1.807, 2.05) is 6.92 Å². The van der Waals surface area contributed by atoms with Gasteiger partial charge in [-0.3, -0.25) is 0 Å². The topological polar surface area (TPSA) is 92.5 Å². The van der Waals surface area contributed by atoms with Gasteiger partial charge in [-0.15, -0.1) is 0 Å². The van der Waals surface area contributed by atoms with Gasteiger partial charge in [0, 0.05) is 6.04 Å². The van der Waals surface area contributed by atoms with Gasteiger partial charge in [0.1, 0.15) is 6.23 Å². The van der Waals surface area contributed by atoms with E-state index in [1.165, 1.54) is 0 Å². The van der Waals surface area contributed by atoms with E-state index < -0.39 is 18.4 Å². The Morgan fingerprint density at radius 1 is 1.30 bits per heavy atom. The fourth-order valence-electron chi connectivity index (χ4n) is 0.620. The SMILES string of the molecule is CCC(O)CC(N)C(N)O. The van der Waals surface area contributed by atoms with Crippen molar-refractivity contribution in [2.45, 2.75) is 38.1 Å². The standard InChI is InChI=1S/C6H16N2O2/c1-2-4(9)3-5(7)6(8)10/h4-6,9-10H,2-3,7-8H2,1H3. The Morgan fingerprint density at radius 2 is 1.80 bits per heavy atom. The minimum absolute atomic E-state index is 0.355. The van der Waals surface area contributed by atoms with Crippen molar-refractivity contribution in [1.82, 2.24) is 0 Å². The van der Waals surface area contributed by atoms with E-state index in [4.69, 9.17) is 21.7 Å². The largest absolute Gasteiger partial charge is 0.393 e. The number of hydrogen-bond donors (Lipinski definition) is 4. The first kappa shape index (κ1) is 9.84. The minimum Gasteiger partial charge on any atom is -0.393 e. The van der Waals surface area contributed by atoms with E-state index in [2.05, 4.69) is 0 Å². The molecule has 0 aliphatic heterocycles. The van der Waals surface area contributed by atoms with E-state index in [0.29, 0.717) is 12.8 Å². The van der Waals surface area contributed by atoms with Crippen LogP contribution in [0, 0.1) is 0 Å². The summed E-state index contributed by atoms with van der Waals surface area (Å²) in [4.78, 5) is 0. The zero-order chi connectivity index (χ0) is 8.15. The van der Waals surface area contributed by atoms with Gasteiger partial charge in [-0.05, 0) is 12.8 Å².